The standard InChI is InChI=1S/C20H18Br2N4O2S/c1-2-10-26-18(12-28-15-6-4-3-5-7-15)24-25-20(26)29-13-19(27)23-17-11-14(21)8-9-16(17)22/h2-9,11H,1,10,12-13H2,(H,23,27). The Morgan fingerprint density at radius 1 is 1.21 bits per heavy atom. The van der Waals surface area contributed by atoms with E-state index in [9.17, 15) is 4.79 Å². The first-order valence-electron chi connectivity index (χ1n) is 8.65. The lowest BCUT2D eigenvalue weighted by Crippen LogP contribution is -2.15. The number of hydrogen-bond acceptors (Lipinski definition) is 5. The van der Waals surface area contributed by atoms with Gasteiger partial charge >= 0.3 is 0 Å². The van der Waals surface area contributed by atoms with Crippen molar-refractivity contribution in [2.24, 2.45) is 0 Å². The van der Waals surface area contributed by atoms with Gasteiger partial charge in [0.05, 0.1) is 11.4 Å². The number of amides is 1. The second kappa shape index (κ2) is 10.6. The number of carbonyl (C=O) groups is 1. The van der Waals surface area contributed by atoms with Gasteiger partial charge in [0.25, 0.3) is 0 Å². The van der Waals surface area contributed by atoms with E-state index in [1.165, 1.54) is 11.8 Å². The lowest BCUT2D eigenvalue weighted by molar-refractivity contribution is -0.113. The molecule has 0 aliphatic rings. The van der Waals surface area contributed by atoms with Gasteiger partial charge < -0.3 is 10.1 Å². The lowest BCUT2D eigenvalue weighted by atomic mass is 10.3. The molecule has 0 unspecified atom stereocenters. The van der Waals surface area contributed by atoms with Crippen molar-refractivity contribution in [2.75, 3.05) is 11.1 Å². The van der Waals surface area contributed by atoms with Crippen molar-refractivity contribution in [1.29, 1.82) is 0 Å². The topological polar surface area (TPSA) is 69.0 Å². The van der Waals surface area contributed by atoms with Crippen LogP contribution in [0.4, 0.5) is 5.69 Å². The van der Waals surface area contributed by atoms with Crippen molar-refractivity contribution < 1.29 is 9.53 Å². The van der Waals surface area contributed by atoms with E-state index in [2.05, 4.69) is 54.0 Å². The van der Waals surface area contributed by atoms with E-state index in [1.807, 2.05) is 53.1 Å². The predicted octanol–water partition coefficient (Wildman–Crippen LogP) is 5.30. The molecule has 0 radical (unpaired) electrons. The lowest BCUT2D eigenvalue weighted by Gasteiger charge is -2.10. The molecule has 0 saturated heterocycles. The van der Waals surface area contributed by atoms with Crippen LogP contribution in [0.1, 0.15) is 5.82 Å². The molecule has 9 heteroatoms. The molecule has 0 aliphatic heterocycles. The maximum atomic E-state index is 12.4. The zero-order chi connectivity index (χ0) is 20.6. The number of hydrogen-bond donors (Lipinski definition) is 1. The summed E-state index contributed by atoms with van der Waals surface area (Å²) in [6, 6.07) is 15.1. The Kier molecular flexibility index (Phi) is 7.91. The van der Waals surface area contributed by atoms with E-state index >= 15 is 0 Å². The van der Waals surface area contributed by atoms with Crippen molar-refractivity contribution in [3.05, 3.63) is 76.0 Å². The van der Waals surface area contributed by atoms with Gasteiger partial charge in [-0.25, -0.2) is 0 Å². The zero-order valence-electron chi connectivity index (χ0n) is 15.3. The van der Waals surface area contributed by atoms with Crippen LogP contribution < -0.4 is 10.1 Å². The summed E-state index contributed by atoms with van der Waals surface area (Å²) in [5.74, 6) is 1.50. The number of carbonyl (C=O) groups excluding carboxylic acids is 1. The number of aromatic nitrogens is 3. The van der Waals surface area contributed by atoms with Gasteiger partial charge in [-0.1, -0.05) is 52.0 Å². The van der Waals surface area contributed by atoms with Crippen molar-refractivity contribution >= 4 is 55.2 Å². The Bertz CT molecular complexity index is 995. The average molecular weight is 538 g/mol. The summed E-state index contributed by atoms with van der Waals surface area (Å²) < 4.78 is 9.36. The number of thioether (sulfide) groups is 1. The molecule has 0 spiro atoms. The van der Waals surface area contributed by atoms with E-state index in [-0.39, 0.29) is 18.3 Å². The molecular formula is C20H18Br2N4O2S. The molecule has 150 valence electrons. The second-order valence-electron chi connectivity index (χ2n) is 5.86. The molecule has 2 aromatic carbocycles. The molecule has 0 aliphatic carbocycles. The van der Waals surface area contributed by atoms with Crippen LogP contribution in [-0.2, 0) is 17.9 Å². The monoisotopic (exact) mass is 536 g/mol. The van der Waals surface area contributed by atoms with E-state index < -0.39 is 0 Å². The smallest absolute Gasteiger partial charge is 0.234 e. The van der Waals surface area contributed by atoms with E-state index in [0.29, 0.717) is 23.2 Å². The first kappa shape index (κ1) is 21.6. The molecule has 0 saturated carbocycles. The third kappa shape index (κ3) is 6.19. The Morgan fingerprint density at radius 3 is 2.76 bits per heavy atom. The van der Waals surface area contributed by atoms with Crippen LogP contribution in [0.3, 0.4) is 0 Å². The highest BCUT2D eigenvalue weighted by Gasteiger charge is 2.15. The fourth-order valence-corrected chi connectivity index (χ4v) is 3.89. The third-order valence-corrected chi connectivity index (χ3v) is 5.90. The first-order chi connectivity index (χ1) is 14.1. The van der Waals surface area contributed by atoms with Crippen LogP contribution in [0.25, 0.3) is 0 Å². The largest absolute Gasteiger partial charge is 0.486 e. The van der Waals surface area contributed by atoms with Crippen molar-refractivity contribution in [2.45, 2.75) is 18.3 Å². The van der Waals surface area contributed by atoms with Gasteiger partial charge in [-0.3, -0.25) is 9.36 Å². The van der Waals surface area contributed by atoms with Gasteiger partial charge in [-0.15, -0.1) is 16.8 Å². The number of nitrogens with one attached hydrogen (secondary N) is 1. The molecule has 0 fully saturated rings. The summed E-state index contributed by atoms with van der Waals surface area (Å²) in [6.07, 6.45) is 1.76. The third-order valence-electron chi connectivity index (χ3n) is 3.75. The van der Waals surface area contributed by atoms with Crippen LogP contribution in [0.5, 0.6) is 5.75 Å². The molecule has 1 heterocycles. The van der Waals surface area contributed by atoms with Crippen molar-refractivity contribution in [1.82, 2.24) is 14.8 Å². The highest BCUT2D eigenvalue weighted by Crippen LogP contribution is 2.27. The van der Waals surface area contributed by atoms with Crippen LogP contribution in [0.15, 0.2) is 75.3 Å². The Hall–Kier alpha value is -2.10. The molecule has 1 amide bonds. The van der Waals surface area contributed by atoms with E-state index in [4.69, 9.17) is 4.74 Å². The van der Waals surface area contributed by atoms with Crippen molar-refractivity contribution in [3.8, 4) is 5.75 Å². The number of ether oxygens (including phenoxy) is 1. The first-order valence-corrected chi connectivity index (χ1v) is 11.2. The van der Waals surface area contributed by atoms with Gasteiger partial charge in [-0.2, -0.15) is 0 Å². The number of para-hydroxylation sites is 1. The quantitative estimate of drug-likeness (QED) is 0.296. The predicted molar refractivity (Wildman–Crippen MR) is 122 cm³/mol. The molecule has 3 aromatic rings. The summed E-state index contributed by atoms with van der Waals surface area (Å²) in [6.45, 7) is 4.60. The summed E-state index contributed by atoms with van der Waals surface area (Å²) in [7, 11) is 0. The highest BCUT2D eigenvalue weighted by molar-refractivity contribution is 9.11. The molecule has 6 nitrogen and oxygen atoms in total. The van der Waals surface area contributed by atoms with Gasteiger partial charge in [0.2, 0.25) is 5.91 Å². The zero-order valence-corrected chi connectivity index (χ0v) is 19.3. The van der Waals surface area contributed by atoms with Gasteiger partial charge in [0.15, 0.2) is 11.0 Å². The molecular weight excluding hydrogens is 520 g/mol. The maximum absolute atomic E-state index is 12.4. The Balaban J connectivity index is 1.62. The highest BCUT2D eigenvalue weighted by atomic mass is 79.9. The molecule has 0 atom stereocenters. The van der Waals surface area contributed by atoms with Crippen LogP contribution in [-0.4, -0.2) is 26.4 Å². The van der Waals surface area contributed by atoms with E-state index in [1.54, 1.807) is 6.08 Å². The molecule has 1 aromatic heterocycles. The van der Waals surface area contributed by atoms with Gasteiger partial charge in [0, 0.05) is 15.5 Å². The molecule has 3 rings (SSSR count). The number of halogens is 2. The Labute approximate surface area is 190 Å². The minimum atomic E-state index is -0.135. The SMILES string of the molecule is C=CCn1c(COc2ccccc2)nnc1SCC(=O)Nc1cc(Br)ccc1Br. The van der Waals surface area contributed by atoms with Crippen molar-refractivity contribution in [3.63, 3.8) is 0 Å². The normalized spacial score (nSPS) is 10.6. The number of allylic oxidation sites excluding steroid dienone is 1. The van der Waals surface area contributed by atoms with Gasteiger partial charge in [0.1, 0.15) is 12.4 Å². The van der Waals surface area contributed by atoms with Gasteiger partial charge in [-0.05, 0) is 46.3 Å². The Morgan fingerprint density at radius 2 is 2.00 bits per heavy atom. The number of anilines is 1. The molecule has 0 bridgehead atoms. The fraction of sp³-hybridized carbons (Fsp3) is 0.150. The minimum Gasteiger partial charge on any atom is -0.486 e. The number of benzene rings is 2. The fourth-order valence-electron chi connectivity index (χ4n) is 2.42. The maximum Gasteiger partial charge on any atom is 0.234 e. The van der Waals surface area contributed by atoms with Crippen LogP contribution in [0, 0.1) is 0 Å². The van der Waals surface area contributed by atoms with Crippen LogP contribution >= 0.6 is 43.6 Å². The second-order valence-corrected chi connectivity index (χ2v) is 8.57. The molecule has 29 heavy (non-hydrogen) atoms. The number of nitrogens with zero attached hydrogens (tertiary/aromatic N) is 3. The number of rotatable bonds is 9. The molecule has 1 N–H and O–H groups in total. The average Bonchev–Trinajstić information content (AvgIpc) is 3.10. The summed E-state index contributed by atoms with van der Waals surface area (Å²) in [5, 5.41) is 11.9. The van der Waals surface area contributed by atoms with E-state index in [0.717, 1.165) is 14.7 Å². The summed E-state index contributed by atoms with van der Waals surface area (Å²) in [4.78, 5) is 12.4. The summed E-state index contributed by atoms with van der Waals surface area (Å²) in [5.41, 5.74) is 0.703. The minimum absolute atomic E-state index is 0.135. The van der Waals surface area contributed by atoms with Crippen LogP contribution in [0.2, 0.25) is 0 Å². The summed E-state index contributed by atoms with van der Waals surface area (Å²) >= 11 is 8.15.